The van der Waals surface area contributed by atoms with Crippen molar-refractivity contribution in [2.24, 2.45) is 0 Å². The molecule has 11 rings (SSSR count). The Morgan fingerprint density at radius 3 is 1.98 bits per heavy atom. The van der Waals surface area contributed by atoms with Gasteiger partial charge in [-0.15, -0.1) is 0 Å². The zero-order chi connectivity index (χ0) is 39.9. The molecule has 0 saturated heterocycles. The monoisotopic (exact) mass is 770 g/mol. The molecule has 0 radical (unpaired) electrons. The Morgan fingerprint density at radius 1 is 0.552 bits per heavy atom. The highest BCUT2D eigenvalue weighted by Crippen LogP contribution is 2.60. The highest BCUT2D eigenvalue weighted by Gasteiger charge is 2.49. The van der Waals surface area contributed by atoms with Gasteiger partial charge in [0.2, 0.25) is 0 Å². The van der Waals surface area contributed by atoms with Crippen LogP contribution in [0.2, 0.25) is 0 Å². The second kappa shape index (κ2) is 12.2. The van der Waals surface area contributed by atoms with E-state index < -0.39 is 0 Å². The Kier molecular flexibility index (Phi) is 7.46. The lowest BCUT2D eigenvalue weighted by Crippen LogP contribution is -2.60. The second-order valence-electron chi connectivity index (χ2n) is 19.1. The van der Waals surface area contributed by atoms with E-state index in [1.54, 1.807) is 0 Å². The average molecular weight is 771 g/mol. The van der Waals surface area contributed by atoms with Gasteiger partial charge in [-0.25, -0.2) is 0 Å². The van der Waals surface area contributed by atoms with E-state index in [1.807, 2.05) is 11.8 Å². The van der Waals surface area contributed by atoms with Crippen molar-refractivity contribution in [3.8, 4) is 33.8 Å². The van der Waals surface area contributed by atoms with Crippen LogP contribution in [-0.4, -0.2) is 6.85 Å². The summed E-state index contributed by atoms with van der Waals surface area (Å²) in [4.78, 5) is 7.84. The topological polar surface area (TPSA) is 15.7 Å². The van der Waals surface area contributed by atoms with Crippen LogP contribution in [0.4, 0.5) is 28.4 Å². The number of para-hydroxylation sites is 1. The molecule has 0 N–H and O–H groups in total. The van der Waals surface area contributed by atoms with Crippen molar-refractivity contribution in [3.63, 3.8) is 0 Å². The molecule has 7 aromatic carbocycles. The maximum absolute atomic E-state index is 7.28. The molecule has 0 spiro atoms. The van der Waals surface area contributed by atoms with Gasteiger partial charge in [0.25, 0.3) is 0 Å². The fourth-order valence-electron chi connectivity index (χ4n) is 9.77. The van der Waals surface area contributed by atoms with Crippen LogP contribution >= 0.6 is 11.8 Å². The minimum absolute atomic E-state index is 0.0315. The van der Waals surface area contributed by atoms with Gasteiger partial charge in [-0.05, 0) is 122 Å². The molecule has 5 heteroatoms. The van der Waals surface area contributed by atoms with Gasteiger partial charge < -0.3 is 14.4 Å². The Morgan fingerprint density at radius 2 is 1.24 bits per heavy atom. The number of rotatable bonds is 2. The van der Waals surface area contributed by atoms with E-state index >= 15 is 0 Å². The molecule has 0 aromatic heterocycles. The highest BCUT2D eigenvalue weighted by molar-refractivity contribution is 7.99. The number of fused-ring (bicyclic) bond motifs is 8. The summed E-state index contributed by atoms with van der Waals surface area (Å²) >= 11 is 1.90. The maximum atomic E-state index is 7.28. The smallest absolute Gasteiger partial charge is 0.336 e. The first-order valence-corrected chi connectivity index (χ1v) is 21.4. The van der Waals surface area contributed by atoms with Crippen LogP contribution in [-0.2, 0) is 16.2 Å². The SMILES string of the molecule is CC(C)(C)c1ccc2c(c1)N(c1ccccc1)c1cc(C(C)(C)C)cc3c1N2B1c2cc4c(cc2Oc2cc(-c5ccccc5)cc-3c21)C(C)(C)c1ccccc1S4. The van der Waals surface area contributed by atoms with Gasteiger partial charge in [0.15, 0.2) is 0 Å². The maximum Gasteiger partial charge on any atom is 0.336 e. The molecule has 4 aliphatic rings. The van der Waals surface area contributed by atoms with Crippen molar-refractivity contribution < 1.29 is 4.74 Å². The van der Waals surface area contributed by atoms with Gasteiger partial charge in [-0.2, -0.15) is 0 Å². The van der Waals surface area contributed by atoms with E-state index in [9.17, 15) is 0 Å². The molecule has 3 nitrogen and oxygen atoms in total. The van der Waals surface area contributed by atoms with Crippen LogP contribution in [0.15, 0.2) is 149 Å². The molecule has 284 valence electrons. The van der Waals surface area contributed by atoms with Crippen LogP contribution in [0.25, 0.3) is 22.3 Å². The first-order chi connectivity index (χ1) is 27.8. The van der Waals surface area contributed by atoms with Gasteiger partial charge in [-0.1, -0.05) is 140 Å². The lowest BCUT2D eigenvalue weighted by molar-refractivity contribution is 0.483. The number of benzene rings is 7. The van der Waals surface area contributed by atoms with Gasteiger partial charge in [-0.3, -0.25) is 0 Å². The van der Waals surface area contributed by atoms with Crippen molar-refractivity contribution >= 4 is 58.0 Å². The normalized spacial score (nSPS) is 15.3. The Labute approximate surface area is 347 Å². The second-order valence-corrected chi connectivity index (χ2v) is 20.1. The van der Waals surface area contributed by atoms with E-state index in [1.165, 1.54) is 82.4 Å². The third-order valence-corrected chi connectivity index (χ3v) is 14.1. The molecule has 0 unspecified atom stereocenters. The fourth-order valence-corrected chi connectivity index (χ4v) is 11.2. The zero-order valence-electron chi connectivity index (χ0n) is 34.6. The summed E-state index contributed by atoms with van der Waals surface area (Å²) in [7, 11) is 0. The molecule has 0 aliphatic carbocycles. The Hall–Kier alpha value is -5.65. The molecular weight excluding hydrogens is 723 g/mol. The number of hydrogen-bond acceptors (Lipinski definition) is 4. The molecule has 58 heavy (non-hydrogen) atoms. The first-order valence-electron chi connectivity index (χ1n) is 20.6. The van der Waals surface area contributed by atoms with Crippen molar-refractivity contribution in [2.45, 2.75) is 81.4 Å². The summed E-state index contributed by atoms with van der Waals surface area (Å²) in [6.45, 7) is 18.6. The van der Waals surface area contributed by atoms with Crippen molar-refractivity contribution in [1.29, 1.82) is 0 Å². The van der Waals surface area contributed by atoms with E-state index in [0.29, 0.717) is 0 Å². The van der Waals surface area contributed by atoms with E-state index in [4.69, 9.17) is 4.74 Å². The summed E-state index contributed by atoms with van der Waals surface area (Å²) in [5, 5.41) is 0. The summed E-state index contributed by atoms with van der Waals surface area (Å²) in [5.41, 5.74) is 18.3. The molecule has 0 saturated carbocycles. The molecule has 0 atom stereocenters. The number of nitrogens with zero attached hydrogens (tertiary/aromatic N) is 2. The lowest BCUT2D eigenvalue weighted by atomic mass is 9.44. The molecular formula is C53H47BN2OS. The van der Waals surface area contributed by atoms with E-state index in [-0.39, 0.29) is 23.1 Å². The molecule has 4 heterocycles. The van der Waals surface area contributed by atoms with Gasteiger partial charge in [0, 0.05) is 31.9 Å². The lowest BCUT2D eigenvalue weighted by Gasteiger charge is -2.49. The Balaban J connectivity index is 1.26. The zero-order valence-corrected chi connectivity index (χ0v) is 35.4. The predicted molar refractivity (Wildman–Crippen MR) is 246 cm³/mol. The van der Waals surface area contributed by atoms with Crippen LogP contribution in [0.3, 0.4) is 0 Å². The summed E-state index contributed by atoms with van der Waals surface area (Å²) < 4.78 is 7.28. The highest BCUT2D eigenvalue weighted by atomic mass is 32.2. The minimum Gasteiger partial charge on any atom is -0.458 e. The minimum atomic E-state index is -0.181. The van der Waals surface area contributed by atoms with Gasteiger partial charge >= 0.3 is 6.85 Å². The van der Waals surface area contributed by atoms with Gasteiger partial charge in [0.1, 0.15) is 11.5 Å². The molecule has 0 bridgehead atoms. The molecule has 0 amide bonds. The predicted octanol–water partition coefficient (Wildman–Crippen LogP) is 13.6. The van der Waals surface area contributed by atoms with Crippen LogP contribution < -0.4 is 25.4 Å². The number of hydrogen-bond donors (Lipinski definition) is 0. The summed E-state index contributed by atoms with van der Waals surface area (Å²) in [6.07, 6.45) is 0. The number of anilines is 5. The third kappa shape index (κ3) is 5.15. The summed E-state index contributed by atoms with van der Waals surface area (Å²) in [6, 6.07) is 52.4. The average Bonchev–Trinajstić information content (AvgIpc) is 3.21. The van der Waals surface area contributed by atoms with Crippen LogP contribution in [0.5, 0.6) is 11.5 Å². The quantitative estimate of drug-likeness (QED) is 0.163. The largest absolute Gasteiger partial charge is 0.458 e. The van der Waals surface area contributed by atoms with Crippen molar-refractivity contribution in [1.82, 2.24) is 0 Å². The molecule has 0 fully saturated rings. The number of ether oxygens (including phenoxy) is 1. The summed E-state index contributed by atoms with van der Waals surface area (Å²) in [5.74, 6) is 1.87. The first kappa shape index (κ1) is 35.5. The third-order valence-electron chi connectivity index (χ3n) is 12.9. The standard InChI is InChI=1S/C53H47BN2OS/c1-51(2,3)34-23-24-42-43(28-34)55(36-19-13-10-14-20-36)44-29-35(52(4,5)6)27-38-37-25-33(32-17-11-9-12-18-32)26-46-49(37)54(56(42)50(38)44)41-31-48-40(30-45(41)57-46)53(7,8)39-21-15-16-22-47(39)58-48/h9-31H,1-8H3. The van der Waals surface area contributed by atoms with Gasteiger partial charge in [0.05, 0.1) is 22.7 Å². The van der Waals surface area contributed by atoms with E-state index in [2.05, 4.69) is 205 Å². The van der Waals surface area contributed by atoms with E-state index in [0.717, 1.165) is 22.7 Å². The molecule has 4 aliphatic heterocycles. The molecule has 7 aromatic rings. The van der Waals surface area contributed by atoms with Crippen LogP contribution in [0.1, 0.15) is 77.6 Å². The van der Waals surface area contributed by atoms with Crippen molar-refractivity contribution in [2.75, 3.05) is 9.71 Å². The van der Waals surface area contributed by atoms with Crippen molar-refractivity contribution in [3.05, 3.63) is 162 Å². The Bertz CT molecular complexity index is 2850. The fraction of sp³-hybridized carbons (Fsp3) is 0.208. The van der Waals surface area contributed by atoms with Crippen LogP contribution in [0, 0.1) is 0 Å².